The molecule has 0 aromatic heterocycles. The Hall–Kier alpha value is -0.180. The minimum atomic E-state index is -0.657. The molecule has 2 nitrogen and oxygen atoms in total. The van der Waals surface area contributed by atoms with Crippen molar-refractivity contribution >= 4 is 18.6 Å². The average molecular weight is 331 g/mol. The second-order valence-corrected chi connectivity index (χ2v) is 7.24. The van der Waals surface area contributed by atoms with Gasteiger partial charge < -0.3 is 5.11 Å². The van der Waals surface area contributed by atoms with E-state index in [0.29, 0.717) is 6.42 Å². The third-order valence-corrected chi connectivity index (χ3v) is 4.76. The molecule has 0 rings (SSSR count). The lowest BCUT2D eigenvalue weighted by Gasteiger charge is -2.11. The molecule has 3 heteroatoms. The van der Waals surface area contributed by atoms with E-state index >= 15 is 0 Å². The fourth-order valence-electron chi connectivity index (χ4n) is 2.93. The van der Waals surface area contributed by atoms with Gasteiger partial charge in [0.1, 0.15) is 0 Å². The highest BCUT2D eigenvalue weighted by Gasteiger charge is 2.02. The van der Waals surface area contributed by atoms with Gasteiger partial charge in [0.2, 0.25) is 0 Å². The molecular formula is C19H38O2S. The highest BCUT2D eigenvalue weighted by molar-refractivity contribution is 7.80. The molecule has 0 saturated heterocycles. The first-order chi connectivity index (χ1) is 10.7. The summed E-state index contributed by atoms with van der Waals surface area (Å²) in [5.74, 6) is 1.26. The number of carboxylic acid groups (broad SMARTS) is 1. The normalized spacial score (nSPS) is 12.5. The zero-order valence-corrected chi connectivity index (χ0v) is 15.6. The summed E-state index contributed by atoms with van der Waals surface area (Å²) in [7, 11) is 0. The molecule has 0 aromatic rings. The molecule has 0 radical (unpaired) electrons. The summed E-state index contributed by atoms with van der Waals surface area (Å²) in [5.41, 5.74) is 0. The number of unbranched alkanes of at least 4 members (excludes halogenated alkanes) is 10. The molecule has 0 aliphatic heterocycles. The van der Waals surface area contributed by atoms with Crippen LogP contribution in [-0.2, 0) is 4.79 Å². The van der Waals surface area contributed by atoms with E-state index in [0.717, 1.165) is 24.5 Å². The molecule has 0 aliphatic rings. The van der Waals surface area contributed by atoms with Crippen LogP contribution in [0.5, 0.6) is 0 Å². The van der Waals surface area contributed by atoms with Crippen molar-refractivity contribution in [2.24, 2.45) is 5.92 Å². The lowest BCUT2D eigenvalue weighted by Crippen LogP contribution is -1.95. The van der Waals surface area contributed by atoms with Crippen LogP contribution < -0.4 is 0 Å². The molecule has 0 amide bonds. The van der Waals surface area contributed by atoms with Crippen LogP contribution in [0.25, 0.3) is 0 Å². The van der Waals surface area contributed by atoms with Crippen molar-refractivity contribution in [2.75, 3.05) is 5.75 Å². The lowest BCUT2D eigenvalue weighted by atomic mass is 9.96. The van der Waals surface area contributed by atoms with Crippen LogP contribution in [0.1, 0.15) is 103 Å². The SMILES string of the molecule is CC(CCCCCCCCS)CCCCCCCCC(=O)O. The fraction of sp³-hybridized carbons (Fsp3) is 0.947. The van der Waals surface area contributed by atoms with Gasteiger partial charge >= 0.3 is 5.97 Å². The molecule has 0 bridgehead atoms. The minimum Gasteiger partial charge on any atom is -0.481 e. The summed E-state index contributed by atoms with van der Waals surface area (Å²) in [6.07, 6.45) is 18.4. The predicted molar refractivity (Wildman–Crippen MR) is 99.9 cm³/mol. The standard InChI is InChI=1S/C19H38O2S/c1-18(15-11-7-4-5-9-13-17-22)14-10-6-2-3-8-12-16-19(20)21/h18,22H,2-17H2,1H3,(H,20,21). The van der Waals surface area contributed by atoms with E-state index in [1.54, 1.807) is 0 Å². The van der Waals surface area contributed by atoms with Crippen LogP contribution in [0.4, 0.5) is 0 Å². The van der Waals surface area contributed by atoms with Gasteiger partial charge in [0, 0.05) is 6.42 Å². The molecule has 0 spiro atoms. The smallest absolute Gasteiger partial charge is 0.303 e. The van der Waals surface area contributed by atoms with Gasteiger partial charge in [0.05, 0.1) is 0 Å². The van der Waals surface area contributed by atoms with Gasteiger partial charge in [0.25, 0.3) is 0 Å². The molecule has 0 saturated carbocycles. The Morgan fingerprint density at radius 2 is 1.18 bits per heavy atom. The van der Waals surface area contributed by atoms with Crippen molar-refractivity contribution in [3.05, 3.63) is 0 Å². The lowest BCUT2D eigenvalue weighted by molar-refractivity contribution is -0.137. The Morgan fingerprint density at radius 3 is 1.64 bits per heavy atom. The summed E-state index contributed by atoms with van der Waals surface area (Å²) in [6, 6.07) is 0. The van der Waals surface area contributed by atoms with Crippen molar-refractivity contribution in [3.8, 4) is 0 Å². The van der Waals surface area contributed by atoms with Crippen molar-refractivity contribution < 1.29 is 9.90 Å². The highest BCUT2D eigenvalue weighted by Crippen LogP contribution is 2.18. The van der Waals surface area contributed by atoms with E-state index in [1.807, 2.05) is 0 Å². The van der Waals surface area contributed by atoms with Crippen molar-refractivity contribution in [2.45, 2.75) is 103 Å². The largest absolute Gasteiger partial charge is 0.481 e. The van der Waals surface area contributed by atoms with Crippen molar-refractivity contribution in [1.82, 2.24) is 0 Å². The Kier molecular flexibility index (Phi) is 17.0. The van der Waals surface area contributed by atoms with Gasteiger partial charge in [0.15, 0.2) is 0 Å². The molecule has 0 heterocycles. The summed E-state index contributed by atoms with van der Waals surface area (Å²) < 4.78 is 0. The van der Waals surface area contributed by atoms with Gasteiger partial charge in [-0.1, -0.05) is 84.0 Å². The topological polar surface area (TPSA) is 37.3 Å². The number of rotatable bonds is 17. The monoisotopic (exact) mass is 330 g/mol. The van der Waals surface area contributed by atoms with Crippen LogP contribution in [0.3, 0.4) is 0 Å². The Labute approximate surface area is 143 Å². The number of carboxylic acids is 1. The van der Waals surface area contributed by atoms with E-state index in [-0.39, 0.29) is 0 Å². The maximum Gasteiger partial charge on any atom is 0.303 e. The van der Waals surface area contributed by atoms with E-state index in [4.69, 9.17) is 5.11 Å². The van der Waals surface area contributed by atoms with E-state index < -0.39 is 5.97 Å². The first-order valence-corrected chi connectivity index (χ1v) is 10.1. The number of carbonyl (C=O) groups is 1. The molecule has 1 unspecified atom stereocenters. The first-order valence-electron chi connectivity index (χ1n) is 9.49. The summed E-state index contributed by atoms with van der Waals surface area (Å²) in [5, 5.41) is 8.55. The Balaban J connectivity index is 3.15. The third-order valence-electron chi connectivity index (χ3n) is 4.44. The molecule has 0 fully saturated rings. The van der Waals surface area contributed by atoms with Crippen LogP contribution in [0, 0.1) is 5.92 Å². The Bertz CT molecular complexity index is 244. The first kappa shape index (κ1) is 21.8. The highest BCUT2D eigenvalue weighted by atomic mass is 32.1. The van der Waals surface area contributed by atoms with Gasteiger partial charge in [-0.3, -0.25) is 4.79 Å². The van der Waals surface area contributed by atoms with Gasteiger partial charge in [-0.15, -0.1) is 0 Å². The number of hydrogen-bond acceptors (Lipinski definition) is 2. The third kappa shape index (κ3) is 17.9. The average Bonchev–Trinajstić information content (AvgIpc) is 2.48. The molecule has 1 N–H and O–H groups in total. The molecule has 22 heavy (non-hydrogen) atoms. The minimum absolute atomic E-state index is 0.339. The second-order valence-electron chi connectivity index (χ2n) is 6.79. The van der Waals surface area contributed by atoms with E-state index in [1.165, 1.54) is 77.0 Å². The van der Waals surface area contributed by atoms with E-state index in [2.05, 4.69) is 19.6 Å². The van der Waals surface area contributed by atoms with Crippen molar-refractivity contribution in [1.29, 1.82) is 0 Å². The maximum absolute atomic E-state index is 10.4. The summed E-state index contributed by atoms with van der Waals surface area (Å²) in [6.45, 7) is 2.40. The zero-order chi connectivity index (χ0) is 16.5. The van der Waals surface area contributed by atoms with Crippen molar-refractivity contribution in [3.63, 3.8) is 0 Å². The van der Waals surface area contributed by atoms with Gasteiger partial charge in [-0.2, -0.15) is 12.6 Å². The number of thiol groups is 1. The summed E-state index contributed by atoms with van der Waals surface area (Å²) in [4.78, 5) is 10.4. The quantitative estimate of drug-likeness (QED) is 0.236. The van der Waals surface area contributed by atoms with Gasteiger partial charge in [-0.05, 0) is 24.5 Å². The second kappa shape index (κ2) is 17.2. The predicted octanol–water partition coefficient (Wildman–Crippen LogP) is 6.49. The molecular weight excluding hydrogens is 292 g/mol. The molecule has 0 aromatic carbocycles. The molecule has 0 aliphatic carbocycles. The van der Waals surface area contributed by atoms with Crippen LogP contribution in [0.2, 0.25) is 0 Å². The summed E-state index contributed by atoms with van der Waals surface area (Å²) >= 11 is 4.24. The maximum atomic E-state index is 10.4. The molecule has 1 atom stereocenters. The van der Waals surface area contributed by atoms with Crippen LogP contribution in [0.15, 0.2) is 0 Å². The molecule has 132 valence electrons. The van der Waals surface area contributed by atoms with E-state index in [9.17, 15) is 4.79 Å². The Morgan fingerprint density at radius 1 is 0.773 bits per heavy atom. The van der Waals surface area contributed by atoms with Crippen LogP contribution in [-0.4, -0.2) is 16.8 Å². The number of hydrogen-bond donors (Lipinski definition) is 2. The zero-order valence-electron chi connectivity index (χ0n) is 14.7. The fourth-order valence-corrected chi connectivity index (χ4v) is 3.16. The van der Waals surface area contributed by atoms with Crippen LogP contribution >= 0.6 is 12.6 Å². The van der Waals surface area contributed by atoms with Gasteiger partial charge in [-0.25, -0.2) is 0 Å². The number of aliphatic carboxylic acids is 1.